The van der Waals surface area contributed by atoms with Gasteiger partial charge in [-0.15, -0.1) is 0 Å². The molecule has 1 atom stereocenters. The fourth-order valence-corrected chi connectivity index (χ4v) is 2.72. The molecule has 70 valence electrons. The fourth-order valence-electron chi connectivity index (χ4n) is 1.41. The lowest BCUT2D eigenvalue weighted by atomic mass is 10.2. The molecule has 1 aliphatic rings. The van der Waals surface area contributed by atoms with Crippen LogP contribution in [0.15, 0.2) is 0 Å². The van der Waals surface area contributed by atoms with Crippen molar-refractivity contribution >= 4 is 16.3 Å². The minimum absolute atomic E-state index is 0.0807. The van der Waals surface area contributed by atoms with Crippen LogP contribution in [0.3, 0.4) is 0 Å². The molecule has 4 nitrogen and oxygen atoms in total. The molecule has 1 rings (SSSR count). The van der Waals surface area contributed by atoms with Crippen LogP contribution in [0.1, 0.15) is 19.8 Å². The number of hydrogen-bond acceptors (Lipinski definition) is 3. The maximum Gasteiger partial charge on any atom is 0.214 e. The van der Waals surface area contributed by atoms with Gasteiger partial charge in [-0.1, -0.05) is 0 Å². The fraction of sp³-hybridized carbons (Fsp3) is 0.857. The molecule has 12 heavy (non-hydrogen) atoms. The lowest BCUT2D eigenvalue weighted by Gasteiger charge is -2.18. The van der Waals surface area contributed by atoms with Crippen molar-refractivity contribution in [2.75, 3.05) is 12.3 Å². The van der Waals surface area contributed by atoms with Gasteiger partial charge in [0.1, 0.15) is 6.29 Å². The van der Waals surface area contributed by atoms with Gasteiger partial charge in [-0.3, -0.25) is 0 Å². The SMILES string of the molecule is CCS(=O)(=O)N1CCCC1C=O. The summed E-state index contributed by atoms with van der Waals surface area (Å²) in [5.74, 6) is 0.0807. The van der Waals surface area contributed by atoms with Gasteiger partial charge in [0.2, 0.25) is 10.0 Å². The lowest BCUT2D eigenvalue weighted by Crippen LogP contribution is -2.37. The summed E-state index contributed by atoms with van der Waals surface area (Å²) in [6.45, 7) is 2.09. The van der Waals surface area contributed by atoms with E-state index in [0.29, 0.717) is 13.0 Å². The van der Waals surface area contributed by atoms with Crippen LogP contribution in [0.25, 0.3) is 0 Å². The van der Waals surface area contributed by atoms with Gasteiger partial charge in [0.05, 0.1) is 11.8 Å². The first-order chi connectivity index (χ1) is 5.61. The highest BCUT2D eigenvalue weighted by Gasteiger charge is 2.32. The van der Waals surface area contributed by atoms with Crippen LogP contribution in [-0.4, -0.2) is 37.3 Å². The van der Waals surface area contributed by atoms with E-state index in [2.05, 4.69) is 0 Å². The number of nitrogens with zero attached hydrogens (tertiary/aromatic N) is 1. The topological polar surface area (TPSA) is 54.5 Å². The molecule has 0 amide bonds. The van der Waals surface area contributed by atoms with Crippen LogP contribution in [-0.2, 0) is 14.8 Å². The van der Waals surface area contributed by atoms with Crippen molar-refractivity contribution in [3.8, 4) is 0 Å². The predicted octanol–water partition coefficient (Wildman–Crippen LogP) is -0.000600. The second kappa shape index (κ2) is 3.53. The van der Waals surface area contributed by atoms with E-state index in [4.69, 9.17) is 0 Å². The molecule has 0 N–H and O–H groups in total. The van der Waals surface area contributed by atoms with E-state index in [1.165, 1.54) is 4.31 Å². The van der Waals surface area contributed by atoms with Gasteiger partial charge in [-0.05, 0) is 19.8 Å². The number of aldehydes is 1. The van der Waals surface area contributed by atoms with E-state index in [-0.39, 0.29) is 5.75 Å². The standard InChI is InChI=1S/C7H13NO3S/c1-2-12(10,11)8-5-3-4-7(8)6-9/h6-7H,2-5H2,1H3. The van der Waals surface area contributed by atoms with Crippen LogP contribution >= 0.6 is 0 Å². The van der Waals surface area contributed by atoms with Crippen LogP contribution in [0.4, 0.5) is 0 Å². The van der Waals surface area contributed by atoms with Crippen molar-refractivity contribution in [2.24, 2.45) is 0 Å². The van der Waals surface area contributed by atoms with Crippen molar-refractivity contribution in [3.05, 3.63) is 0 Å². The highest BCUT2D eigenvalue weighted by Crippen LogP contribution is 2.19. The van der Waals surface area contributed by atoms with E-state index >= 15 is 0 Å². The van der Waals surface area contributed by atoms with Crippen LogP contribution in [0, 0.1) is 0 Å². The Morgan fingerprint density at radius 1 is 1.58 bits per heavy atom. The van der Waals surface area contributed by atoms with Gasteiger partial charge in [-0.2, -0.15) is 4.31 Å². The van der Waals surface area contributed by atoms with Gasteiger partial charge >= 0.3 is 0 Å². The molecule has 1 heterocycles. The highest BCUT2D eigenvalue weighted by molar-refractivity contribution is 7.89. The largest absolute Gasteiger partial charge is 0.302 e. The van der Waals surface area contributed by atoms with Crippen molar-refractivity contribution in [1.29, 1.82) is 0 Å². The average Bonchev–Trinajstić information content (AvgIpc) is 2.52. The van der Waals surface area contributed by atoms with E-state index in [1.807, 2.05) is 0 Å². The number of rotatable bonds is 3. The summed E-state index contributed by atoms with van der Waals surface area (Å²) in [5.41, 5.74) is 0. The Balaban J connectivity index is 2.81. The van der Waals surface area contributed by atoms with E-state index < -0.39 is 16.1 Å². The van der Waals surface area contributed by atoms with Crippen molar-refractivity contribution in [2.45, 2.75) is 25.8 Å². The highest BCUT2D eigenvalue weighted by atomic mass is 32.2. The van der Waals surface area contributed by atoms with Crippen LogP contribution in [0.5, 0.6) is 0 Å². The molecule has 1 unspecified atom stereocenters. The van der Waals surface area contributed by atoms with Crippen LogP contribution in [0.2, 0.25) is 0 Å². The smallest absolute Gasteiger partial charge is 0.214 e. The lowest BCUT2D eigenvalue weighted by molar-refractivity contribution is -0.110. The van der Waals surface area contributed by atoms with Gasteiger partial charge in [0, 0.05) is 6.54 Å². The third-order valence-corrected chi connectivity index (χ3v) is 4.03. The number of carbonyl (C=O) groups is 1. The Bertz CT molecular complexity index is 260. The molecule has 0 saturated carbocycles. The van der Waals surface area contributed by atoms with Crippen molar-refractivity contribution in [1.82, 2.24) is 4.31 Å². The number of carbonyl (C=O) groups excluding carboxylic acids is 1. The minimum atomic E-state index is -3.16. The molecular weight excluding hydrogens is 178 g/mol. The summed E-state index contributed by atoms with van der Waals surface area (Å²) < 4.78 is 24.0. The maximum absolute atomic E-state index is 11.3. The second-order valence-corrected chi connectivity index (χ2v) is 5.07. The Morgan fingerprint density at radius 2 is 2.25 bits per heavy atom. The zero-order valence-corrected chi connectivity index (χ0v) is 7.88. The van der Waals surface area contributed by atoms with Gasteiger partial charge in [-0.25, -0.2) is 8.42 Å². The van der Waals surface area contributed by atoms with Gasteiger partial charge in [0.25, 0.3) is 0 Å². The molecule has 0 aromatic heterocycles. The second-order valence-electron chi connectivity index (χ2n) is 2.86. The molecule has 1 aliphatic heterocycles. The Kier molecular flexibility index (Phi) is 2.85. The zero-order valence-electron chi connectivity index (χ0n) is 7.06. The number of hydrogen-bond donors (Lipinski definition) is 0. The first-order valence-electron chi connectivity index (χ1n) is 4.06. The Labute approximate surface area is 72.6 Å². The summed E-state index contributed by atoms with van der Waals surface area (Å²) >= 11 is 0. The average molecular weight is 191 g/mol. The summed E-state index contributed by atoms with van der Waals surface area (Å²) in [6.07, 6.45) is 2.19. The normalized spacial score (nSPS) is 25.9. The monoisotopic (exact) mass is 191 g/mol. The molecule has 1 fully saturated rings. The Morgan fingerprint density at radius 3 is 2.75 bits per heavy atom. The molecule has 5 heteroatoms. The van der Waals surface area contributed by atoms with Crippen LogP contribution < -0.4 is 0 Å². The zero-order chi connectivity index (χ0) is 9.19. The quantitative estimate of drug-likeness (QED) is 0.590. The van der Waals surface area contributed by atoms with Crippen molar-refractivity contribution in [3.63, 3.8) is 0 Å². The van der Waals surface area contributed by atoms with Gasteiger partial charge in [0.15, 0.2) is 0 Å². The molecule has 0 aromatic carbocycles. The molecule has 1 saturated heterocycles. The van der Waals surface area contributed by atoms with Crippen molar-refractivity contribution < 1.29 is 13.2 Å². The van der Waals surface area contributed by atoms with E-state index in [9.17, 15) is 13.2 Å². The summed E-state index contributed by atoms with van der Waals surface area (Å²) in [6, 6.07) is -0.407. The number of sulfonamides is 1. The first-order valence-corrected chi connectivity index (χ1v) is 5.67. The molecule has 0 radical (unpaired) electrons. The molecule has 0 aromatic rings. The van der Waals surface area contributed by atoms with Gasteiger partial charge < -0.3 is 4.79 Å². The minimum Gasteiger partial charge on any atom is -0.302 e. The van der Waals surface area contributed by atoms with E-state index in [1.54, 1.807) is 6.92 Å². The van der Waals surface area contributed by atoms with E-state index in [0.717, 1.165) is 12.7 Å². The third-order valence-electron chi connectivity index (χ3n) is 2.13. The summed E-state index contributed by atoms with van der Waals surface area (Å²) in [4.78, 5) is 10.5. The predicted molar refractivity (Wildman–Crippen MR) is 45.3 cm³/mol. The molecular formula is C7H13NO3S. The maximum atomic E-state index is 11.3. The first kappa shape index (κ1) is 9.67. The third kappa shape index (κ3) is 1.67. The molecule has 0 aliphatic carbocycles. The summed E-state index contributed by atoms with van der Waals surface area (Å²) in [7, 11) is -3.16. The summed E-state index contributed by atoms with van der Waals surface area (Å²) in [5, 5.41) is 0. The molecule has 0 spiro atoms. The molecule has 0 bridgehead atoms. The Hall–Kier alpha value is -0.420.